The van der Waals surface area contributed by atoms with Gasteiger partial charge in [0.25, 0.3) is 0 Å². The lowest BCUT2D eigenvalue weighted by Crippen LogP contribution is -2.32. The van der Waals surface area contributed by atoms with E-state index < -0.39 is 35.1 Å². The Balaban J connectivity index is 1.71. The number of hydrogen-bond donors (Lipinski definition) is 2. The molecule has 1 aromatic heterocycles. The number of halogens is 3. The average Bonchev–Trinajstić information content (AvgIpc) is 3.09. The largest absolute Gasteiger partial charge is 0.374 e. The highest BCUT2D eigenvalue weighted by atomic mass is 32.1. The van der Waals surface area contributed by atoms with E-state index in [1.54, 1.807) is 24.3 Å². The van der Waals surface area contributed by atoms with E-state index in [-0.39, 0.29) is 0 Å². The number of hydrogen-bond acceptors (Lipinski definition) is 4. The zero-order valence-electron chi connectivity index (χ0n) is 14.5. The van der Waals surface area contributed by atoms with E-state index in [2.05, 4.69) is 15.6 Å². The highest BCUT2D eigenvalue weighted by molar-refractivity contribution is 7.09. The highest BCUT2D eigenvalue weighted by Crippen LogP contribution is 2.25. The van der Waals surface area contributed by atoms with Crippen molar-refractivity contribution in [1.29, 1.82) is 0 Å². The summed E-state index contributed by atoms with van der Waals surface area (Å²) in [6.45, 7) is 3.49. The molecular formula is C19H16F3N3OS. The molecule has 140 valence electrons. The van der Waals surface area contributed by atoms with Crippen LogP contribution in [-0.4, -0.2) is 16.9 Å². The second kappa shape index (κ2) is 7.79. The number of thiazole rings is 1. The summed E-state index contributed by atoms with van der Waals surface area (Å²) in [5.74, 6) is -4.96. The lowest BCUT2D eigenvalue weighted by atomic mass is 10.1. The van der Waals surface area contributed by atoms with Gasteiger partial charge in [0.05, 0.1) is 16.4 Å². The maximum atomic E-state index is 13.7. The topological polar surface area (TPSA) is 54.0 Å². The van der Waals surface area contributed by atoms with E-state index in [0.29, 0.717) is 5.69 Å². The number of nitrogens with one attached hydrogen (secondary N) is 2. The molecule has 1 amide bonds. The SMILES string of the molecule is Cc1nc(-c2cccc(NC(C)C(=O)Nc3ccc(F)c(F)c3F)c2)cs1. The molecule has 0 saturated carbocycles. The molecule has 0 radical (unpaired) electrons. The summed E-state index contributed by atoms with van der Waals surface area (Å²) >= 11 is 1.54. The third-order valence-corrected chi connectivity index (χ3v) is 4.62. The van der Waals surface area contributed by atoms with Crippen molar-refractivity contribution >= 4 is 28.6 Å². The van der Waals surface area contributed by atoms with Crippen molar-refractivity contribution in [2.75, 3.05) is 10.6 Å². The van der Waals surface area contributed by atoms with Crippen LogP contribution in [0, 0.1) is 24.4 Å². The van der Waals surface area contributed by atoms with Crippen LogP contribution in [0.4, 0.5) is 24.5 Å². The number of rotatable bonds is 5. The number of nitrogens with zero attached hydrogens (tertiary/aromatic N) is 1. The van der Waals surface area contributed by atoms with Crippen molar-refractivity contribution in [1.82, 2.24) is 4.98 Å². The lowest BCUT2D eigenvalue weighted by Gasteiger charge is -2.16. The number of aryl methyl sites for hydroxylation is 1. The fourth-order valence-corrected chi connectivity index (χ4v) is 3.07. The first-order valence-electron chi connectivity index (χ1n) is 8.08. The number of amides is 1. The first kappa shape index (κ1) is 18.9. The normalized spacial score (nSPS) is 11.9. The van der Waals surface area contributed by atoms with Crippen LogP contribution >= 0.6 is 11.3 Å². The minimum atomic E-state index is -1.63. The van der Waals surface area contributed by atoms with Gasteiger partial charge in [-0.2, -0.15) is 0 Å². The zero-order chi connectivity index (χ0) is 19.6. The third-order valence-electron chi connectivity index (χ3n) is 3.85. The molecule has 2 aromatic carbocycles. The Morgan fingerprint density at radius 3 is 2.63 bits per heavy atom. The van der Waals surface area contributed by atoms with Crippen LogP contribution in [0.1, 0.15) is 11.9 Å². The van der Waals surface area contributed by atoms with Gasteiger partial charge in [0.2, 0.25) is 5.91 Å². The maximum absolute atomic E-state index is 13.7. The van der Waals surface area contributed by atoms with Crippen LogP contribution in [0.15, 0.2) is 41.8 Å². The Morgan fingerprint density at radius 2 is 1.93 bits per heavy atom. The minimum absolute atomic E-state index is 0.417. The summed E-state index contributed by atoms with van der Waals surface area (Å²) < 4.78 is 40.0. The number of anilines is 2. The van der Waals surface area contributed by atoms with Crippen molar-refractivity contribution in [3.05, 3.63) is 64.2 Å². The van der Waals surface area contributed by atoms with Crippen LogP contribution in [0.3, 0.4) is 0 Å². The van der Waals surface area contributed by atoms with Gasteiger partial charge >= 0.3 is 0 Å². The predicted octanol–water partition coefficient (Wildman–Crippen LogP) is 4.97. The third kappa shape index (κ3) is 4.28. The molecule has 4 nitrogen and oxygen atoms in total. The zero-order valence-corrected chi connectivity index (χ0v) is 15.3. The summed E-state index contributed by atoms with van der Waals surface area (Å²) in [5.41, 5.74) is 1.98. The van der Waals surface area contributed by atoms with Crippen molar-refractivity contribution in [2.45, 2.75) is 19.9 Å². The Morgan fingerprint density at radius 1 is 1.15 bits per heavy atom. The van der Waals surface area contributed by atoms with E-state index in [1.807, 2.05) is 30.5 Å². The smallest absolute Gasteiger partial charge is 0.246 e. The van der Waals surface area contributed by atoms with Crippen LogP contribution in [0.5, 0.6) is 0 Å². The van der Waals surface area contributed by atoms with Crippen LogP contribution in [0.2, 0.25) is 0 Å². The molecule has 1 atom stereocenters. The molecule has 0 aliphatic heterocycles. The molecule has 3 rings (SSSR count). The fraction of sp³-hybridized carbons (Fsp3) is 0.158. The molecule has 1 heterocycles. The van der Waals surface area contributed by atoms with Gasteiger partial charge in [-0.3, -0.25) is 4.79 Å². The van der Waals surface area contributed by atoms with Crippen LogP contribution in [-0.2, 0) is 4.79 Å². The number of benzene rings is 2. The van der Waals surface area contributed by atoms with Crippen LogP contribution in [0.25, 0.3) is 11.3 Å². The van der Waals surface area contributed by atoms with E-state index in [1.165, 1.54) is 0 Å². The monoisotopic (exact) mass is 391 g/mol. The van der Waals surface area contributed by atoms with E-state index in [4.69, 9.17) is 0 Å². The van der Waals surface area contributed by atoms with Gasteiger partial charge in [0, 0.05) is 16.6 Å². The Bertz CT molecular complexity index is 990. The lowest BCUT2D eigenvalue weighted by molar-refractivity contribution is -0.116. The van der Waals surface area contributed by atoms with Crippen molar-refractivity contribution < 1.29 is 18.0 Å². The molecular weight excluding hydrogens is 375 g/mol. The van der Waals surface area contributed by atoms with E-state index in [0.717, 1.165) is 28.4 Å². The van der Waals surface area contributed by atoms with Crippen molar-refractivity contribution in [3.63, 3.8) is 0 Å². The van der Waals surface area contributed by atoms with Gasteiger partial charge in [-0.25, -0.2) is 18.2 Å². The molecule has 0 aliphatic rings. The number of carbonyl (C=O) groups excluding carboxylic acids is 1. The molecule has 2 N–H and O–H groups in total. The average molecular weight is 391 g/mol. The Labute approximate surface area is 158 Å². The van der Waals surface area contributed by atoms with Gasteiger partial charge in [0.1, 0.15) is 6.04 Å². The standard InChI is InChI=1S/C19H16F3N3OS/c1-10(19(26)25-15-7-6-14(20)17(21)18(15)22)23-13-5-3-4-12(8-13)16-9-27-11(2)24-16/h3-10,23H,1-2H3,(H,25,26). The summed E-state index contributed by atoms with van der Waals surface area (Å²) in [7, 11) is 0. The second-order valence-electron chi connectivity index (χ2n) is 5.91. The van der Waals surface area contributed by atoms with Gasteiger partial charge in [-0.1, -0.05) is 12.1 Å². The molecule has 3 aromatic rings. The van der Waals surface area contributed by atoms with Crippen molar-refractivity contribution in [3.8, 4) is 11.3 Å². The molecule has 27 heavy (non-hydrogen) atoms. The van der Waals surface area contributed by atoms with Gasteiger partial charge in [-0.05, 0) is 38.1 Å². The predicted molar refractivity (Wildman–Crippen MR) is 100 cm³/mol. The minimum Gasteiger partial charge on any atom is -0.374 e. The molecule has 0 spiro atoms. The van der Waals surface area contributed by atoms with E-state index in [9.17, 15) is 18.0 Å². The second-order valence-corrected chi connectivity index (χ2v) is 6.97. The number of carbonyl (C=O) groups is 1. The summed E-state index contributed by atoms with van der Waals surface area (Å²) in [5, 5.41) is 8.14. The quantitative estimate of drug-likeness (QED) is 0.604. The first-order valence-corrected chi connectivity index (χ1v) is 8.96. The number of aromatic nitrogens is 1. The maximum Gasteiger partial charge on any atom is 0.246 e. The summed E-state index contributed by atoms with van der Waals surface area (Å²) in [6.07, 6.45) is 0. The van der Waals surface area contributed by atoms with Gasteiger partial charge in [0.15, 0.2) is 17.5 Å². The molecule has 0 saturated heterocycles. The molecule has 1 unspecified atom stereocenters. The molecule has 8 heteroatoms. The van der Waals surface area contributed by atoms with Crippen LogP contribution < -0.4 is 10.6 Å². The molecule has 0 bridgehead atoms. The van der Waals surface area contributed by atoms with E-state index >= 15 is 0 Å². The van der Waals surface area contributed by atoms with Crippen molar-refractivity contribution in [2.24, 2.45) is 0 Å². The van der Waals surface area contributed by atoms with Gasteiger partial charge in [-0.15, -0.1) is 11.3 Å². The van der Waals surface area contributed by atoms with Gasteiger partial charge < -0.3 is 10.6 Å². The first-order chi connectivity index (χ1) is 12.8. The summed E-state index contributed by atoms with van der Waals surface area (Å²) in [4.78, 5) is 16.7. The Hall–Kier alpha value is -2.87. The summed E-state index contributed by atoms with van der Waals surface area (Å²) in [6, 6.07) is 8.34. The Kier molecular flexibility index (Phi) is 5.46. The fourth-order valence-electron chi connectivity index (χ4n) is 2.44. The molecule has 0 aliphatic carbocycles. The highest BCUT2D eigenvalue weighted by Gasteiger charge is 2.18. The molecule has 0 fully saturated rings.